The van der Waals surface area contributed by atoms with Crippen molar-refractivity contribution in [2.75, 3.05) is 45.8 Å². The second kappa shape index (κ2) is 10.9. The van der Waals surface area contributed by atoms with Gasteiger partial charge >= 0.3 is 0 Å². The lowest BCUT2D eigenvalue weighted by Crippen LogP contribution is -2.51. The number of pyridine rings is 1. The Morgan fingerprint density at radius 3 is 2.41 bits per heavy atom. The van der Waals surface area contributed by atoms with E-state index in [1.54, 1.807) is 12.3 Å². The van der Waals surface area contributed by atoms with Crippen LogP contribution in [0.3, 0.4) is 0 Å². The zero-order chi connectivity index (χ0) is 20.5. The summed E-state index contributed by atoms with van der Waals surface area (Å²) < 4.78 is 0. The van der Waals surface area contributed by atoms with Gasteiger partial charge in [-0.2, -0.15) is 0 Å². The van der Waals surface area contributed by atoms with Crippen molar-refractivity contribution in [1.29, 1.82) is 0 Å². The standard InChI is InChI=1S/C23H33N5O/c1-2-3-20(4-9-24)18-26-12-7-22(8-13-26)23(29)28-16-14-27(15-17-28)19-21-5-10-25-11-6-21/h2-6,9-11,22H,1,7-8,12-19,24H2/b9-4-,20-3+. The number of rotatable bonds is 7. The van der Waals surface area contributed by atoms with Crippen molar-refractivity contribution in [3.05, 3.63) is 66.7 Å². The third-order valence-corrected chi connectivity index (χ3v) is 5.82. The highest BCUT2D eigenvalue weighted by atomic mass is 16.2. The molecule has 0 unspecified atom stereocenters. The molecule has 2 fully saturated rings. The maximum atomic E-state index is 13.0. The lowest BCUT2D eigenvalue weighted by atomic mass is 9.94. The maximum Gasteiger partial charge on any atom is 0.225 e. The predicted octanol–water partition coefficient (Wildman–Crippen LogP) is 2.02. The fraction of sp³-hybridized carbons (Fsp3) is 0.478. The van der Waals surface area contributed by atoms with Gasteiger partial charge in [-0.3, -0.25) is 19.6 Å². The molecular formula is C23H33N5O. The van der Waals surface area contributed by atoms with E-state index >= 15 is 0 Å². The van der Waals surface area contributed by atoms with Gasteiger partial charge in [-0.15, -0.1) is 0 Å². The minimum absolute atomic E-state index is 0.162. The predicted molar refractivity (Wildman–Crippen MR) is 117 cm³/mol. The van der Waals surface area contributed by atoms with Crippen LogP contribution >= 0.6 is 0 Å². The largest absolute Gasteiger partial charge is 0.405 e. The van der Waals surface area contributed by atoms with E-state index in [2.05, 4.69) is 38.4 Å². The Kier molecular flexibility index (Phi) is 8.02. The molecule has 29 heavy (non-hydrogen) atoms. The first-order valence-corrected chi connectivity index (χ1v) is 10.5. The van der Waals surface area contributed by atoms with Gasteiger partial charge in [-0.25, -0.2) is 0 Å². The van der Waals surface area contributed by atoms with E-state index in [0.717, 1.165) is 70.8 Å². The van der Waals surface area contributed by atoms with Crippen LogP contribution in [0.1, 0.15) is 18.4 Å². The molecular weight excluding hydrogens is 362 g/mol. The molecule has 0 bridgehead atoms. The molecule has 6 nitrogen and oxygen atoms in total. The highest BCUT2D eigenvalue weighted by Gasteiger charge is 2.30. The second-order valence-corrected chi connectivity index (χ2v) is 7.84. The number of likely N-dealkylation sites (tertiary alicyclic amines) is 1. The average Bonchev–Trinajstić information content (AvgIpc) is 2.75. The smallest absolute Gasteiger partial charge is 0.225 e. The Morgan fingerprint density at radius 2 is 1.79 bits per heavy atom. The van der Waals surface area contributed by atoms with Gasteiger partial charge in [0.05, 0.1) is 0 Å². The van der Waals surface area contributed by atoms with Crippen molar-refractivity contribution in [3.63, 3.8) is 0 Å². The second-order valence-electron chi connectivity index (χ2n) is 7.84. The number of piperazine rings is 1. The van der Waals surface area contributed by atoms with E-state index in [0.29, 0.717) is 5.91 Å². The minimum atomic E-state index is 0.162. The number of aromatic nitrogens is 1. The number of allylic oxidation sites excluding steroid dienone is 2. The van der Waals surface area contributed by atoms with Gasteiger partial charge in [0.25, 0.3) is 0 Å². The Bertz CT molecular complexity index is 714. The summed E-state index contributed by atoms with van der Waals surface area (Å²) in [5.41, 5.74) is 7.96. The normalized spacial score (nSPS) is 20.3. The molecule has 156 valence electrons. The summed E-state index contributed by atoms with van der Waals surface area (Å²) in [6.07, 6.45) is 12.8. The summed E-state index contributed by atoms with van der Waals surface area (Å²) in [4.78, 5) is 23.9. The molecule has 1 aromatic rings. The van der Waals surface area contributed by atoms with Gasteiger partial charge in [-0.1, -0.05) is 18.7 Å². The number of carbonyl (C=O) groups is 1. The monoisotopic (exact) mass is 395 g/mol. The van der Waals surface area contributed by atoms with Crippen molar-refractivity contribution in [1.82, 2.24) is 19.7 Å². The fourth-order valence-electron chi connectivity index (χ4n) is 4.16. The van der Waals surface area contributed by atoms with E-state index in [4.69, 9.17) is 5.73 Å². The van der Waals surface area contributed by atoms with Crippen LogP contribution in [0.4, 0.5) is 0 Å². The van der Waals surface area contributed by atoms with Crippen molar-refractivity contribution in [2.24, 2.45) is 11.7 Å². The summed E-state index contributed by atoms with van der Waals surface area (Å²) in [5, 5.41) is 0. The molecule has 2 aliphatic rings. The van der Waals surface area contributed by atoms with E-state index in [-0.39, 0.29) is 5.92 Å². The summed E-state index contributed by atoms with van der Waals surface area (Å²) >= 11 is 0. The van der Waals surface area contributed by atoms with Crippen LogP contribution in [-0.4, -0.2) is 71.4 Å². The number of nitrogens with two attached hydrogens (primary N) is 1. The van der Waals surface area contributed by atoms with Crippen LogP contribution in [0, 0.1) is 5.92 Å². The highest BCUT2D eigenvalue weighted by molar-refractivity contribution is 5.79. The molecule has 0 aliphatic carbocycles. The van der Waals surface area contributed by atoms with Crippen LogP contribution in [-0.2, 0) is 11.3 Å². The van der Waals surface area contributed by atoms with Crippen molar-refractivity contribution in [2.45, 2.75) is 19.4 Å². The number of amides is 1. The molecule has 2 N–H and O–H groups in total. The van der Waals surface area contributed by atoms with E-state index in [1.807, 2.05) is 24.5 Å². The molecule has 1 amide bonds. The van der Waals surface area contributed by atoms with Gasteiger partial charge in [0.1, 0.15) is 0 Å². The fourth-order valence-corrected chi connectivity index (χ4v) is 4.16. The summed E-state index contributed by atoms with van der Waals surface area (Å²) in [7, 11) is 0. The number of nitrogens with zero attached hydrogens (tertiary/aromatic N) is 4. The van der Waals surface area contributed by atoms with Crippen molar-refractivity contribution < 1.29 is 4.79 Å². The average molecular weight is 396 g/mol. The Hall–Kier alpha value is -2.44. The first kappa shape index (κ1) is 21.3. The number of carbonyl (C=O) groups excluding carboxylic acids is 1. The van der Waals surface area contributed by atoms with Gasteiger partial charge in [0, 0.05) is 57.6 Å². The van der Waals surface area contributed by atoms with Gasteiger partial charge in [0.2, 0.25) is 5.91 Å². The van der Waals surface area contributed by atoms with Crippen LogP contribution in [0.25, 0.3) is 0 Å². The first-order valence-electron chi connectivity index (χ1n) is 10.5. The molecule has 1 aromatic heterocycles. The lowest BCUT2D eigenvalue weighted by molar-refractivity contribution is -0.138. The zero-order valence-corrected chi connectivity index (χ0v) is 17.2. The van der Waals surface area contributed by atoms with Gasteiger partial charge in [0.15, 0.2) is 0 Å². The van der Waals surface area contributed by atoms with Crippen molar-refractivity contribution >= 4 is 5.91 Å². The van der Waals surface area contributed by atoms with E-state index < -0.39 is 0 Å². The number of hydrogen-bond acceptors (Lipinski definition) is 5. The van der Waals surface area contributed by atoms with Crippen LogP contribution < -0.4 is 5.73 Å². The Balaban J connectivity index is 1.42. The third kappa shape index (κ3) is 6.27. The zero-order valence-electron chi connectivity index (χ0n) is 17.2. The Labute approximate surface area is 174 Å². The summed E-state index contributed by atoms with van der Waals surface area (Å²) in [6.45, 7) is 11.0. The van der Waals surface area contributed by atoms with Gasteiger partial charge in [-0.05, 0) is 61.5 Å². The lowest BCUT2D eigenvalue weighted by Gasteiger charge is -2.38. The van der Waals surface area contributed by atoms with Crippen LogP contribution in [0.15, 0.2) is 61.1 Å². The van der Waals surface area contributed by atoms with E-state index in [9.17, 15) is 4.79 Å². The SMILES string of the molecule is C=C/C=C(\C=C/N)CN1CCC(C(=O)N2CCN(Cc3ccncc3)CC2)CC1. The molecule has 0 atom stereocenters. The molecule has 3 heterocycles. The molecule has 0 saturated carbocycles. The van der Waals surface area contributed by atoms with Crippen LogP contribution in [0.2, 0.25) is 0 Å². The third-order valence-electron chi connectivity index (χ3n) is 5.82. The topological polar surface area (TPSA) is 65.7 Å². The van der Waals surface area contributed by atoms with Crippen molar-refractivity contribution in [3.8, 4) is 0 Å². The number of hydrogen-bond donors (Lipinski definition) is 1. The first-order chi connectivity index (χ1) is 14.2. The maximum absolute atomic E-state index is 13.0. The van der Waals surface area contributed by atoms with Gasteiger partial charge < -0.3 is 10.6 Å². The molecule has 2 saturated heterocycles. The summed E-state index contributed by atoms with van der Waals surface area (Å²) in [5.74, 6) is 0.506. The van der Waals surface area contributed by atoms with Crippen LogP contribution in [0.5, 0.6) is 0 Å². The molecule has 0 aromatic carbocycles. The molecule has 3 rings (SSSR count). The molecule has 6 heteroatoms. The molecule has 0 spiro atoms. The minimum Gasteiger partial charge on any atom is -0.405 e. The quantitative estimate of drug-likeness (QED) is 0.716. The Morgan fingerprint density at radius 1 is 1.10 bits per heavy atom. The number of piperidine rings is 1. The molecule has 2 aliphatic heterocycles. The van der Waals surface area contributed by atoms with E-state index in [1.165, 1.54) is 5.56 Å². The molecule has 0 radical (unpaired) electrons. The summed E-state index contributed by atoms with van der Waals surface area (Å²) in [6, 6.07) is 4.12. The highest BCUT2D eigenvalue weighted by Crippen LogP contribution is 2.21.